The fourth-order valence-electron chi connectivity index (χ4n) is 1.56. The van der Waals surface area contributed by atoms with Crippen LogP contribution >= 0.6 is 23.1 Å². The van der Waals surface area contributed by atoms with Gasteiger partial charge in [-0.3, -0.25) is 9.78 Å². The first-order chi connectivity index (χ1) is 9.16. The lowest BCUT2D eigenvalue weighted by Crippen LogP contribution is -2.27. The third-order valence-electron chi connectivity index (χ3n) is 2.52. The summed E-state index contributed by atoms with van der Waals surface area (Å²) in [5, 5.41) is 4.97. The van der Waals surface area contributed by atoms with Gasteiger partial charge < -0.3 is 11.1 Å². The number of nitrogens with one attached hydrogen (secondary N) is 1. The fraction of sp³-hybridized carbons (Fsp3) is 0.231. The maximum Gasteiger partial charge on any atom is 0.230 e. The van der Waals surface area contributed by atoms with E-state index in [9.17, 15) is 4.79 Å². The van der Waals surface area contributed by atoms with Gasteiger partial charge in [0, 0.05) is 16.0 Å². The Labute approximate surface area is 120 Å². The standard InChI is InChI=1S/C13H15N3OS2/c1-9(11-3-2-6-18-11)16-13(17)8-19-12-4-5-15-7-10(12)14/h2-7,9H,8,14H2,1H3,(H,16,17). The van der Waals surface area contributed by atoms with Crippen molar-refractivity contribution in [2.24, 2.45) is 0 Å². The van der Waals surface area contributed by atoms with Crippen LogP contribution in [0.2, 0.25) is 0 Å². The highest BCUT2D eigenvalue weighted by molar-refractivity contribution is 8.00. The molecular formula is C13H15N3OS2. The second-order valence-corrected chi connectivity index (χ2v) is 6.00. The summed E-state index contributed by atoms with van der Waals surface area (Å²) in [6.07, 6.45) is 3.26. The zero-order valence-corrected chi connectivity index (χ0v) is 12.1. The predicted molar refractivity (Wildman–Crippen MR) is 80.3 cm³/mol. The van der Waals surface area contributed by atoms with Crippen LogP contribution in [0.4, 0.5) is 5.69 Å². The fourth-order valence-corrected chi connectivity index (χ4v) is 3.04. The number of rotatable bonds is 5. The van der Waals surface area contributed by atoms with Crippen LogP contribution in [0.1, 0.15) is 17.8 Å². The van der Waals surface area contributed by atoms with E-state index in [4.69, 9.17) is 5.73 Å². The quantitative estimate of drug-likeness (QED) is 0.832. The molecule has 0 saturated carbocycles. The Balaban J connectivity index is 1.84. The summed E-state index contributed by atoms with van der Waals surface area (Å²) in [4.78, 5) is 17.8. The van der Waals surface area contributed by atoms with Crippen molar-refractivity contribution < 1.29 is 4.79 Å². The van der Waals surface area contributed by atoms with E-state index in [1.54, 1.807) is 23.7 Å². The zero-order chi connectivity index (χ0) is 13.7. The summed E-state index contributed by atoms with van der Waals surface area (Å²) < 4.78 is 0. The van der Waals surface area contributed by atoms with Gasteiger partial charge in [-0.1, -0.05) is 6.07 Å². The number of thiophene rings is 1. The van der Waals surface area contributed by atoms with Crippen molar-refractivity contribution in [2.45, 2.75) is 17.9 Å². The number of pyridine rings is 1. The van der Waals surface area contributed by atoms with Crippen molar-refractivity contribution in [1.29, 1.82) is 0 Å². The van der Waals surface area contributed by atoms with Gasteiger partial charge in [0.25, 0.3) is 0 Å². The molecule has 0 fully saturated rings. The van der Waals surface area contributed by atoms with Crippen molar-refractivity contribution in [2.75, 3.05) is 11.5 Å². The normalized spacial score (nSPS) is 12.1. The van der Waals surface area contributed by atoms with Crippen LogP contribution in [-0.2, 0) is 4.79 Å². The van der Waals surface area contributed by atoms with E-state index in [0.29, 0.717) is 11.4 Å². The van der Waals surface area contributed by atoms with E-state index in [1.165, 1.54) is 11.8 Å². The van der Waals surface area contributed by atoms with Gasteiger partial charge in [0.15, 0.2) is 0 Å². The highest BCUT2D eigenvalue weighted by Crippen LogP contribution is 2.23. The molecule has 0 aliphatic heterocycles. The highest BCUT2D eigenvalue weighted by Gasteiger charge is 2.11. The van der Waals surface area contributed by atoms with Gasteiger partial charge in [0.05, 0.1) is 23.7 Å². The van der Waals surface area contributed by atoms with Gasteiger partial charge in [0.1, 0.15) is 0 Å². The van der Waals surface area contributed by atoms with Gasteiger partial charge in [-0.15, -0.1) is 23.1 Å². The van der Waals surface area contributed by atoms with Gasteiger partial charge in [-0.05, 0) is 24.4 Å². The Hall–Kier alpha value is -1.53. The second kappa shape index (κ2) is 6.58. The van der Waals surface area contributed by atoms with Crippen molar-refractivity contribution in [3.63, 3.8) is 0 Å². The number of hydrogen-bond donors (Lipinski definition) is 2. The number of carbonyl (C=O) groups is 1. The molecule has 0 radical (unpaired) electrons. The molecule has 3 N–H and O–H groups in total. The van der Waals surface area contributed by atoms with Gasteiger partial charge in [-0.2, -0.15) is 0 Å². The lowest BCUT2D eigenvalue weighted by Gasteiger charge is -2.12. The number of thioether (sulfide) groups is 1. The third kappa shape index (κ3) is 3.97. The first kappa shape index (κ1) is 13.9. The van der Waals surface area contributed by atoms with Crippen molar-refractivity contribution in [3.05, 3.63) is 40.8 Å². The largest absolute Gasteiger partial charge is 0.397 e. The molecule has 2 heterocycles. The number of nitrogens with two attached hydrogens (primary N) is 1. The van der Waals surface area contributed by atoms with E-state index in [-0.39, 0.29) is 11.9 Å². The Morgan fingerprint density at radius 3 is 3.11 bits per heavy atom. The maximum absolute atomic E-state index is 11.8. The number of aromatic nitrogens is 1. The Morgan fingerprint density at radius 1 is 1.58 bits per heavy atom. The number of nitrogen functional groups attached to an aromatic ring is 1. The number of anilines is 1. The van der Waals surface area contributed by atoms with Crippen LogP contribution in [0, 0.1) is 0 Å². The van der Waals surface area contributed by atoms with Crippen molar-refractivity contribution in [1.82, 2.24) is 10.3 Å². The third-order valence-corrected chi connectivity index (χ3v) is 4.66. The van der Waals surface area contributed by atoms with Crippen LogP contribution < -0.4 is 11.1 Å². The molecule has 6 heteroatoms. The van der Waals surface area contributed by atoms with E-state index in [0.717, 1.165) is 9.77 Å². The highest BCUT2D eigenvalue weighted by atomic mass is 32.2. The molecule has 2 aromatic rings. The van der Waals surface area contributed by atoms with E-state index >= 15 is 0 Å². The molecule has 0 saturated heterocycles. The van der Waals surface area contributed by atoms with Crippen LogP contribution in [0.25, 0.3) is 0 Å². The molecule has 1 atom stereocenters. The molecule has 1 unspecified atom stereocenters. The Bertz CT molecular complexity index is 543. The molecule has 0 bridgehead atoms. The first-order valence-electron chi connectivity index (χ1n) is 5.82. The lowest BCUT2D eigenvalue weighted by atomic mass is 10.3. The van der Waals surface area contributed by atoms with Crippen LogP contribution in [0.5, 0.6) is 0 Å². The van der Waals surface area contributed by atoms with E-state index < -0.39 is 0 Å². The minimum Gasteiger partial charge on any atom is -0.397 e. The maximum atomic E-state index is 11.8. The molecule has 0 aliphatic carbocycles. The second-order valence-electron chi connectivity index (χ2n) is 4.01. The van der Waals surface area contributed by atoms with Crippen molar-refractivity contribution >= 4 is 34.7 Å². The first-order valence-corrected chi connectivity index (χ1v) is 7.68. The average Bonchev–Trinajstić information content (AvgIpc) is 2.91. The molecule has 1 amide bonds. The molecule has 2 rings (SSSR count). The number of nitrogens with zero attached hydrogens (tertiary/aromatic N) is 1. The number of carbonyl (C=O) groups excluding carboxylic acids is 1. The minimum atomic E-state index is 0.00196. The van der Waals surface area contributed by atoms with E-state index in [2.05, 4.69) is 10.3 Å². The smallest absolute Gasteiger partial charge is 0.230 e. The molecule has 100 valence electrons. The van der Waals surface area contributed by atoms with Gasteiger partial charge in [0.2, 0.25) is 5.91 Å². The molecule has 0 spiro atoms. The monoisotopic (exact) mass is 293 g/mol. The summed E-state index contributed by atoms with van der Waals surface area (Å²) in [5.74, 6) is 0.353. The summed E-state index contributed by atoms with van der Waals surface area (Å²) in [6.45, 7) is 1.98. The Morgan fingerprint density at radius 2 is 2.42 bits per heavy atom. The lowest BCUT2D eigenvalue weighted by molar-refractivity contribution is -0.119. The van der Waals surface area contributed by atoms with Crippen LogP contribution in [0.3, 0.4) is 0 Å². The summed E-state index contributed by atoms with van der Waals surface area (Å²) in [7, 11) is 0. The van der Waals surface area contributed by atoms with E-state index in [1.807, 2.05) is 30.5 Å². The van der Waals surface area contributed by atoms with Crippen LogP contribution in [0.15, 0.2) is 40.9 Å². The molecule has 2 aromatic heterocycles. The predicted octanol–water partition coefficient (Wildman–Crippen LogP) is 2.69. The topological polar surface area (TPSA) is 68.0 Å². The van der Waals surface area contributed by atoms with Gasteiger partial charge in [-0.25, -0.2) is 0 Å². The van der Waals surface area contributed by atoms with Crippen molar-refractivity contribution in [3.8, 4) is 0 Å². The Kier molecular flexibility index (Phi) is 4.81. The molecular weight excluding hydrogens is 278 g/mol. The minimum absolute atomic E-state index is 0.00196. The van der Waals surface area contributed by atoms with Gasteiger partial charge >= 0.3 is 0 Å². The molecule has 0 aromatic carbocycles. The van der Waals surface area contributed by atoms with Crippen LogP contribution in [-0.4, -0.2) is 16.6 Å². The number of amides is 1. The SMILES string of the molecule is CC(NC(=O)CSc1ccncc1N)c1cccs1. The average molecular weight is 293 g/mol. The summed E-state index contributed by atoms with van der Waals surface area (Å²) >= 11 is 3.06. The molecule has 4 nitrogen and oxygen atoms in total. The number of hydrogen-bond acceptors (Lipinski definition) is 5. The summed E-state index contributed by atoms with van der Waals surface area (Å²) in [5.41, 5.74) is 6.38. The zero-order valence-electron chi connectivity index (χ0n) is 10.5. The molecule has 0 aliphatic rings. The summed E-state index contributed by atoms with van der Waals surface area (Å²) in [6, 6.07) is 5.86. The molecule has 19 heavy (non-hydrogen) atoms.